The number of carbonyl (C=O) groups is 1. The van der Waals surface area contributed by atoms with Crippen molar-refractivity contribution >= 4 is 32.6 Å². The molecular weight excluding hydrogens is 272 g/mol. The number of rotatable bonds is 6. The molecule has 5 nitrogen and oxygen atoms in total. The fourth-order valence-corrected chi connectivity index (χ4v) is 3.00. The van der Waals surface area contributed by atoms with Gasteiger partial charge in [-0.05, 0) is 39.2 Å². The van der Waals surface area contributed by atoms with E-state index < -0.39 is 5.91 Å². The molecule has 0 radical (unpaired) electrons. The fourth-order valence-electron chi connectivity index (χ4n) is 2.02. The van der Waals surface area contributed by atoms with Crippen LogP contribution >= 0.6 is 11.3 Å². The lowest BCUT2D eigenvalue weighted by molar-refractivity contribution is 0.100. The van der Waals surface area contributed by atoms with E-state index in [9.17, 15) is 4.79 Å². The summed E-state index contributed by atoms with van der Waals surface area (Å²) in [5, 5.41) is 0.924. The highest BCUT2D eigenvalue weighted by molar-refractivity contribution is 7.22. The number of benzene rings is 1. The summed E-state index contributed by atoms with van der Waals surface area (Å²) in [5.41, 5.74) is 6.59. The standard InChI is InChI=1S/C14H20N4OS/c1-17(2)8-5-9-18(3)14-16-12-10(13(15)19)6-4-7-11(12)20-14/h4,6-7H,5,8-9H2,1-3H3,(H2,15,19). The van der Waals surface area contributed by atoms with Crippen LogP contribution in [0.3, 0.4) is 0 Å². The third-order valence-electron chi connectivity index (χ3n) is 3.10. The first-order valence-electron chi connectivity index (χ1n) is 6.54. The second-order valence-corrected chi connectivity index (χ2v) is 6.10. The predicted octanol–water partition coefficient (Wildman–Crippen LogP) is 1.78. The van der Waals surface area contributed by atoms with Gasteiger partial charge in [0.05, 0.1) is 15.8 Å². The molecule has 1 heterocycles. The van der Waals surface area contributed by atoms with Crippen molar-refractivity contribution < 1.29 is 4.79 Å². The number of para-hydroxylation sites is 1. The number of hydrogen-bond donors (Lipinski definition) is 1. The highest BCUT2D eigenvalue weighted by atomic mass is 32.1. The lowest BCUT2D eigenvalue weighted by Crippen LogP contribution is -2.23. The van der Waals surface area contributed by atoms with Crippen LogP contribution in [0, 0.1) is 0 Å². The molecule has 0 atom stereocenters. The quantitative estimate of drug-likeness (QED) is 0.881. The normalized spacial score (nSPS) is 11.2. The molecule has 20 heavy (non-hydrogen) atoms. The first-order valence-corrected chi connectivity index (χ1v) is 7.36. The Morgan fingerprint density at radius 1 is 1.30 bits per heavy atom. The molecule has 0 bridgehead atoms. The number of anilines is 1. The van der Waals surface area contributed by atoms with E-state index in [0.717, 1.165) is 29.3 Å². The van der Waals surface area contributed by atoms with Gasteiger partial charge in [-0.25, -0.2) is 4.98 Å². The molecular formula is C14H20N4OS. The highest BCUT2D eigenvalue weighted by Gasteiger charge is 2.13. The Balaban J connectivity index is 2.19. The maximum absolute atomic E-state index is 11.4. The Bertz CT molecular complexity index is 608. The van der Waals surface area contributed by atoms with E-state index in [2.05, 4.69) is 28.9 Å². The largest absolute Gasteiger partial charge is 0.366 e. The van der Waals surface area contributed by atoms with Crippen LogP contribution in [0.15, 0.2) is 18.2 Å². The van der Waals surface area contributed by atoms with Crippen LogP contribution in [-0.2, 0) is 0 Å². The monoisotopic (exact) mass is 292 g/mol. The summed E-state index contributed by atoms with van der Waals surface area (Å²) in [6, 6.07) is 5.53. The van der Waals surface area contributed by atoms with Gasteiger partial charge in [0, 0.05) is 13.6 Å². The number of nitrogens with zero attached hydrogens (tertiary/aromatic N) is 3. The van der Waals surface area contributed by atoms with E-state index >= 15 is 0 Å². The van der Waals surface area contributed by atoms with Gasteiger partial charge in [-0.2, -0.15) is 0 Å². The second-order valence-electron chi connectivity index (χ2n) is 5.09. The number of amides is 1. The Kier molecular flexibility index (Phi) is 4.57. The number of carbonyl (C=O) groups excluding carboxylic acids is 1. The average Bonchev–Trinajstić information content (AvgIpc) is 2.81. The molecule has 6 heteroatoms. The van der Waals surface area contributed by atoms with Crippen LogP contribution in [0.4, 0.5) is 5.13 Å². The summed E-state index contributed by atoms with van der Waals surface area (Å²) >= 11 is 1.59. The molecule has 0 aliphatic rings. The zero-order valence-electron chi connectivity index (χ0n) is 12.1. The molecule has 0 aliphatic carbocycles. The minimum atomic E-state index is -0.428. The molecule has 2 rings (SSSR count). The lowest BCUT2D eigenvalue weighted by Gasteiger charge is -2.17. The van der Waals surface area contributed by atoms with Crippen molar-refractivity contribution in [2.75, 3.05) is 39.1 Å². The van der Waals surface area contributed by atoms with E-state index in [4.69, 9.17) is 5.73 Å². The van der Waals surface area contributed by atoms with Gasteiger partial charge >= 0.3 is 0 Å². The van der Waals surface area contributed by atoms with Crippen LogP contribution in [0.25, 0.3) is 10.2 Å². The summed E-state index contributed by atoms with van der Waals surface area (Å²) < 4.78 is 0.996. The van der Waals surface area contributed by atoms with Crippen molar-refractivity contribution in [1.82, 2.24) is 9.88 Å². The molecule has 0 spiro atoms. The van der Waals surface area contributed by atoms with Gasteiger partial charge in [0.25, 0.3) is 5.91 Å². The second kappa shape index (κ2) is 6.19. The topological polar surface area (TPSA) is 62.5 Å². The van der Waals surface area contributed by atoms with Gasteiger partial charge in [-0.15, -0.1) is 0 Å². The third-order valence-corrected chi connectivity index (χ3v) is 4.23. The van der Waals surface area contributed by atoms with E-state index in [1.807, 2.05) is 19.2 Å². The summed E-state index contributed by atoms with van der Waals surface area (Å²) in [5.74, 6) is -0.428. The predicted molar refractivity (Wildman–Crippen MR) is 84.6 cm³/mol. The maximum atomic E-state index is 11.4. The Hall–Kier alpha value is -1.66. The Morgan fingerprint density at radius 3 is 2.70 bits per heavy atom. The van der Waals surface area contributed by atoms with Gasteiger partial charge < -0.3 is 15.5 Å². The van der Waals surface area contributed by atoms with Crippen LogP contribution in [0.2, 0.25) is 0 Å². The van der Waals surface area contributed by atoms with Crippen molar-refractivity contribution in [1.29, 1.82) is 0 Å². The molecule has 0 saturated carbocycles. The first kappa shape index (κ1) is 14.7. The van der Waals surface area contributed by atoms with Crippen LogP contribution in [-0.4, -0.2) is 50.0 Å². The van der Waals surface area contributed by atoms with Crippen molar-refractivity contribution in [3.8, 4) is 0 Å². The van der Waals surface area contributed by atoms with Crippen LogP contribution in [0.5, 0.6) is 0 Å². The summed E-state index contributed by atoms with van der Waals surface area (Å²) in [6.07, 6.45) is 1.07. The van der Waals surface area contributed by atoms with Crippen LogP contribution < -0.4 is 10.6 Å². The molecule has 1 aromatic heterocycles. The molecule has 0 aliphatic heterocycles. The van der Waals surface area contributed by atoms with Gasteiger partial charge in [-0.3, -0.25) is 4.79 Å². The smallest absolute Gasteiger partial charge is 0.250 e. The number of primary amides is 1. The van der Waals surface area contributed by atoms with Gasteiger partial charge in [0.15, 0.2) is 5.13 Å². The summed E-state index contributed by atoms with van der Waals surface area (Å²) in [6.45, 7) is 1.98. The van der Waals surface area contributed by atoms with E-state index in [1.165, 1.54) is 0 Å². The van der Waals surface area contributed by atoms with Crippen molar-refractivity contribution in [2.24, 2.45) is 5.73 Å². The number of nitrogens with two attached hydrogens (primary N) is 1. The average molecular weight is 292 g/mol. The molecule has 2 aromatic rings. The lowest BCUT2D eigenvalue weighted by atomic mass is 10.2. The van der Waals surface area contributed by atoms with Gasteiger partial charge in [0.2, 0.25) is 0 Å². The van der Waals surface area contributed by atoms with E-state index in [1.54, 1.807) is 17.4 Å². The highest BCUT2D eigenvalue weighted by Crippen LogP contribution is 2.30. The minimum absolute atomic E-state index is 0.428. The van der Waals surface area contributed by atoms with E-state index in [-0.39, 0.29) is 0 Å². The molecule has 108 valence electrons. The minimum Gasteiger partial charge on any atom is -0.366 e. The molecule has 2 N–H and O–H groups in total. The van der Waals surface area contributed by atoms with E-state index in [0.29, 0.717) is 11.1 Å². The summed E-state index contributed by atoms with van der Waals surface area (Å²) in [4.78, 5) is 20.3. The van der Waals surface area contributed by atoms with Crippen LogP contribution in [0.1, 0.15) is 16.8 Å². The molecule has 1 aromatic carbocycles. The van der Waals surface area contributed by atoms with Crippen molar-refractivity contribution in [3.63, 3.8) is 0 Å². The molecule has 0 fully saturated rings. The summed E-state index contributed by atoms with van der Waals surface area (Å²) in [7, 11) is 6.16. The molecule has 1 amide bonds. The van der Waals surface area contributed by atoms with Gasteiger partial charge in [0.1, 0.15) is 0 Å². The third kappa shape index (κ3) is 3.26. The zero-order chi connectivity index (χ0) is 14.7. The first-order chi connectivity index (χ1) is 9.49. The van der Waals surface area contributed by atoms with Gasteiger partial charge in [-0.1, -0.05) is 17.4 Å². The molecule has 0 saturated heterocycles. The SMILES string of the molecule is CN(C)CCCN(C)c1nc2c(C(N)=O)cccc2s1. The van der Waals surface area contributed by atoms with Crippen molar-refractivity contribution in [3.05, 3.63) is 23.8 Å². The fraction of sp³-hybridized carbons (Fsp3) is 0.429. The Morgan fingerprint density at radius 2 is 2.05 bits per heavy atom. The maximum Gasteiger partial charge on any atom is 0.250 e. The Labute approximate surface area is 123 Å². The molecule has 0 unspecified atom stereocenters. The van der Waals surface area contributed by atoms with Crippen molar-refractivity contribution in [2.45, 2.75) is 6.42 Å². The number of fused-ring (bicyclic) bond motifs is 1. The number of hydrogen-bond acceptors (Lipinski definition) is 5. The zero-order valence-corrected chi connectivity index (χ0v) is 12.9. The number of thiazole rings is 1. The number of aromatic nitrogens is 1.